The maximum atomic E-state index is 12.6. The second kappa shape index (κ2) is 17.7. The lowest BCUT2D eigenvalue weighted by molar-refractivity contribution is -0.123. The summed E-state index contributed by atoms with van der Waals surface area (Å²) in [4.78, 5) is 25.2. The maximum absolute atomic E-state index is 12.6. The molecule has 0 amide bonds. The summed E-state index contributed by atoms with van der Waals surface area (Å²) in [5, 5.41) is 0. The minimum absolute atomic E-state index is 0.190. The Kier molecular flexibility index (Phi) is 15.7. The second-order valence-electron chi connectivity index (χ2n) is 8.82. The molecule has 1 atom stereocenters. The van der Waals surface area contributed by atoms with Crippen LogP contribution in [0.2, 0.25) is 0 Å². The first-order valence-electron chi connectivity index (χ1n) is 12.6. The normalized spacial score (nSPS) is 15.7. The molecule has 1 unspecified atom stereocenters. The van der Waals surface area contributed by atoms with Crippen LogP contribution in [0.5, 0.6) is 0 Å². The Morgan fingerprint density at radius 1 is 0.655 bits per heavy atom. The molecule has 0 aromatic heterocycles. The molecule has 166 valence electrons. The van der Waals surface area contributed by atoms with Gasteiger partial charge in [-0.15, -0.1) is 0 Å². The van der Waals surface area contributed by atoms with Gasteiger partial charge < -0.3 is 0 Å². The highest BCUT2D eigenvalue weighted by Gasteiger charge is 2.26. The van der Waals surface area contributed by atoms with Crippen LogP contribution in [-0.2, 0) is 9.59 Å². The molecule has 0 fully saturated rings. The third-order valence-electron chi connectivity index (χ3n) is 6.12. The zero-order chi connectivity index (χ0) is 21.2. The number of carbonyl (C=O) groups is 2. The van der Waals surface area contributed by atoms with Gasteiger partial charge in [0, 0.05) is 18.4 Å². The van der Waals surface area contributed by atoms with Crippen LogP contribution in [0.1, 0.15) is 129 Å². The largest absolute Gasteiger partial charge is 0.299 e. The summed E-state index contributed by atoms with van der Waals surface area (Å²) in [6.07, 6.45) is 26.8. The summed E-state index contributed by atoms with van der Waals surface area (Å²) in [5.41, 5.74) is 0.748. The molecule has 0 saturated carbocycles. The van der Waals surface area contributed by atoms with Crippen molar-refractivity contribution in [3.63, 3.8) is 0 Å². The molecule has 0 bridgehead atoms. The number of carbonyl (C=O) groups excluding carboxylic acids is 2. The van der Waals surface area contributed by atoms with Crippen molar-refractivity contribution in [3.05, 3.63) is 23.8 Å². The van der Waals surface area contributed by atoms with E-state index in [4.69, 9.17) is 0 Å². The third-order valence-corrected chi connectivity index (χ3v) is 6.12. The highest BCUT2D eigenvalue weighted by molar-refractivity contribution is 6.04. The van der Waals surface area contributed by atoms with E-state index in [1.54, 1.807) is 0 Å². The summed E-state index contributed by atoms with van der Waals surface area (Å²) in [6.45, 7) is 4.48. The van der Waals surface area contributed by atoms with Gasteiger partial charge >= 0.3 is 0 Å². The number of hydrogen-bond acceptors (Lipinski definition) is 2. The van der Waals surface area contributed by atoms with Gasteiger partial charge in [0.1, 0.15) is 5.78 Å². The number of Topliss-reactive ketones (excluding diaryl/α,β-unsaturated/α-hetero) is 2. The van der Waals surface area contributed by atoms with Crippen LogP contribution in [0.25, 0.3) is 0 Å². The van der Waals surface area contributed by atoms with E-state index in [0.717, 1.165) is 31.3 Å². The number of ketones is 2. The average molecular weight is 403 g/mol. The van der Waals surface area contributed by atoms with E-state index in [2.05, 4.69) is 13.8 Å². The molecule has 1 aliphatic rings. The van der Waals surface area contributed by atoms with Crippen molar-refractivity contribution >= 4 is 11.6 Å². The summed E-state index contributed by atoms with van der Waals surface area (Å²) < 4.78 is 0. The van der Waals surface area contributed by atoms with E-state index < -0.39 is 0 Å². The number of unbranched alkanes of at least 4 members (excludes halogenated alkanes) is 14. The van der Waals surface area contributed by atoms with E-state index in [1.165, 1.54) is 77.0 Å². The lowest BCUT2D eigenvalue weighted by Gasteiger charge is -2.12. The smallest absolute Gasteiger partial charge is 0.159 e. The molecule has 29 heavy (non-hydrogen) atoms. The molecule has 1 rings (SSSR count). The fourth-order valence-electron chi connectivity index (χ4n) is 4.18. The molecular weight excluding hydrogens is 356 g/mol. The zero-order valence-corrected chi connectivity index (χ0v) is 19.4. The molecule has 0 spiro atoms. The molecule has 0 aromatic carbocycles. The van der Waals surface area contributed by atoms with Gasteiger partial charge in [0.2, 0.25) is 0 Å². The zero-order valence-electron chi connectivity index (χ0n) is 19.4. The summed E-state index contributed by atoms with van der Waals surface area (Å²) in [6, 6.07) is 0. The van der Waals surface area contributed by atoms with Crippen LogP contribution in [0.15, 0.2) is 23.8 Å². The first-order valence-corrected chi connectivity index (χ1v) is 12.6. The molecule has 0 aromatic rings. The molecule has 0 heterocycles. The number of allylic oxidation sites excluding steroid dienone is 4. The van der Waals surface area contributed by atoms with Crippen LogP contribution in [0.3, 0.4) is 0 Å². The van der Waals surface area contributed by atoms with Crippen LogP contribution in [0.4, 0.5) is 0 Å². The molecule has 2 nitrogen and oxygen atoms in total. The fraction of sp³-hybridized carbons (Fsp3) is 0.778. The minimum Gasteiger partial charge on any atom is -0.299 e. The van der Waals surface area contributed by atoms with Crippen molar-refractivity contribution in [3.8, 4) is 0 Å². The predicted molar refractivity (Wildman–Crippen MR) is 125 cm³/mol. The quantitative estimate of drug-likeness (QED) is 0.192. The first kappa shape index (κ1) is 25.9. The Bertz CT molecular complexity index is 501. The monoisotopic (exact) mass is 402 g/mol. The molecule has 0 N–H and O–H groups in total. The Balaban J connectivity index is 2.13. The van der Waals surface area contributed by atoms with Gasteiger partial charge in [-0.2, -0.15) is 0 Å². The third kappa shape index (κ3) is 12.2. The van der Waals surface area contributed by atoms with Gasteiger partial charge in [0.25, 0.3) is 0 Å². The Hall–Kier alpha value is -1.18. The van der Waals surface area contributed by atoms with Gasteiger partial charge in [0.05, 0.1) is 5.92 Å². The molecular formula is C27H46O2. The van der Waals surface area contributed by atoms with E-state index >= 15 is 0 Å². The van der Waals surface area contributed by atoms with Crippen LogP contribution in [-0.4, -0.2) is 11.6 Å². The van der Waals surface area contributed by atoms with Crippen molar-refractivity contribution in [1.29, 1.82) is 0 Å². The topological polar surface area (TPSA) is 34.1 Å². The SMILES string of the molecule is CCCCCCCCCCC(=O)C1=CC=CC1C(=O)CCCCCCCCCC. The highest BCUT2D eigenvalue weighted by Crippen LogP contribution is 2.25. The lowest BCUT2D eigenvalue weighted by atomic mass is 9.90. The van der Waals surface area contributed by atoms with Crippen LogP contribution < -0.4 is 0 Å². The standard InChI is InChI=1S/C27H46O2/c1-3-5-7-9-11-13-15-17-22-26(28)24-20-19-21-25(24)27(29)23-18-16-14-12-10-8-6-4-2/h19-21,24H,3-18,22-23H2,1-2H3. The van der Waals surface area contributed by atoms with E-state index in [1.807, 2.05) is 18.2 Å². The Labute approximate surface area is 180 Å². The van der Waals surface area contributed by atoms with Crippen molar-refractivity contribution in [1.82, 2.24) is 0 Å². The molecule has 0 saturated heterocycles. The van der Waals surface area contributed by atoms with Gasteiger partial charge in [0.15, 0.2) is 5.78 Å². The van der Waals surface area contributed by atoms with Gasteiger partial charge in [-0.25, -0.2) is 0 Å². The van der Waals surface area contributed by atoms with Gasteiger partial charge in [-0.05, 0) is 12.8 Å². The van der Waals surface area contributed by atoms with Gasteiger partial charge in [-0.3, -0.25) is 9.59 Å². The summed E-state index contributed by atoms with van der Waals surface area (Å²) in [7, 11) is 0. The summed E-state index contributed by atoms with van der Waals surface area (Å²) in [5.74, 6) is 0.164. The number of rotatable bonds is 20. The van der Waals surface area contributed by atoms with E-state index in [-0.39, 0.29) is 17.5 Å². The fourth-order valence-corrected chi connectivity index (χ4v) is 4.18. The average Bonchev–Trinajstić information content (AvgIpc) is 3.22. The molecule has 2 heteroatoms. The first-order chi connectivity index (χ1) is 14.2. The van der Waals surface area contributed by atoms with E-state index in [9.17, 15) is 9.59 Å². The maximum Gasteiger partial charge on any atom is 0.159 e. The predicted octanol–water partition coefficient (Wildman–Crippen LogP) is 8.30. The molecule has 0 radical (unpaired) electrons. The molecule has 0 aliphatic heterocycles. The van der Waals surface area contributed by atoms with E-state index in [0.29, 0.717) is 12.8 Å². The van der Waals surface area contributed by atoms with Crippen molar-refractivity contribution < 1.29 is 9.59 Å². The number of hydrogen-bond donors (Lipinski definition) is 0. The second-order valence-corrected chi connectivity index (χ2v) is 8.82. The minimum atomic E-state index is -0.263. The van der Waals surface area contributed by atoms with Crippen LogP contribution >= 0.6 is 0 Å². The lowest BCUT2D eigenvalue weighted by Crippen LogP contribution is -2.18. The molecule has 1 aliphatic carbocycles. The summed E-state index contributed by atoms with van der Waals surface area (Å²) >= 11 is 0. The van der Waals surface area contributed by atoms with Crippen molar-refractivity contribution in [2.24, 2.45) is 5.92 Å². The Morgan fingerprint density at radius 3 is 1.62 bits per heavy atom. The Morgan fingerprint density at radius 2 is 1.10 bits per heavy atom. The van der Waals surface area contributed by atoms with Crippen molar-refractivity contribution in [2.75, 3.05) is 0 Å². The van der Waals surface area contributed by atoms with Crippen LogP contribution in [0, 0.1) is 5.92 Å². The highest BCUT2D eigenvalue weighted by atomic mass is 16.1. The van der Waals surface area contributed by atoms with Gasteiger partial charge in [-0.1, -0.05) is 122 Å². The van der Waals surface area contributed by atoms with Crippen molar-refractivity contribution in [2.45, 2.75) is 129 Å².